The number of carbonyl (C=O) groups is 1. The predicted octanol–water partition coefficient (Wildman–Crippen LogP) is -0.363. The van der Waals surface area contributed by atoms with Gasteiger partial charge in [-0.15, -0.1) is 12.4 Å². The first-order chi connectivity index (χ1) is 2.77. The molecule has 5 heteroatoms. The second kappa shape index (κ2) is 6.17. The van der Waals surface area contributed by atoms with Crippen molar-refractivity contribution in [1.82, 2.24) is 5.43 Å². The second-order valence-corrected chi connectivity index (χ2v) is 1.16. The summed E-state index contributed by atoms with van der Waals surface area (Å²) in [6.07, 6.45) is 0. The normalized spacial score (nSPS) is 7.14. The van der Waals surface area contributed by atoms with Gasteiger partial charge in [-0.1, -0.05) is 0 Å². The number of hydrogen-bond acceptors (Lipinski definition) is 3. The van der Waals surface area contributed by atoms with Gasteiger partial charge in [-0.3, -0.25) is 16.1 Å². The lowest BCUT2D eigenvalue weighted by Gasteiger charge is -1.83. The van der Waals surface area contributed by atoms with Gasteiger partial charge in [0.25, 0.3) is 0 Å². The van der Waals surface area contributed by atoms with Crippen molar-refractivity contribution >= 4 is 29.3 Å². The molecule has 0 spiro atoms. The smallest absolute Gasteiger partial charge is 0.236 e. The first-order valence-electron chi connectivity index (χ1n) is 1.39. The van der Waals surface area contributed by atoms with E-state index in [0.717, 1.165) is 0 Å². The van der Waals surface area contributed by atoms with Crippen LogP contribution in [0.15, 0.2) is 0 Å². The highest BCUT2D eigenvalue weighted by Crippen LogP contribution is 1.70. The Kier molecular flexibility index (Phi) is 9.00. The molecule has 0 unspecified atom stereocenters. The molecule has 0 aliphatic carbocycles. The van der Waals surface area contributed by atoms with Crippen LogP contribution >= 0.6 is 24.0 Å². The average molecular weight is 145 g/mol. The van der Waals surface area contributed by atoms with Crippen LogP contribution in [0.2, 0.25) is 0 Å². The Balaban J connectivity index is 0. The summed E-state index contributed by atoms with van der Waals surface area (Å²) in [7, 11) is 0. The van der Waals surface area contributed by atoms with E-state index in [1.54, 1.807) is 0 Å². The van der Waals surface area contributed by atoms with Crippen molar-refractivity contribution in [3.05, 3.63) is 0 Å². The Morgan fingerprint density at radius 1 is 1.86 bits per heavy atom. The van der Waals surface area contributed by atoms with Crippen molar-refractivity contribution in [2.24, 2.45) is 5.84 Å². The van der Waals surface area contributed by atoms with E-state index in [-0.39, 0.29) is 19.0 Å². The number of hydrazine groups is 1. The zero-order valence-corrected chi connectivity index (χ0v) is 5.05. The number of carbonyl (C=O) groups excluding carboxylic acids is 1. The fourth-order valence-corrected chi connectivity index (χ4v) is 0.157. The fourth-order valence-electron chi connectivity index (χ4n) is 0.0802. The molecule has 0 heterocycles. The maximum Gasteiger partial charge on any atom is 0.236 e. The Morgan fingerprint density at radius 3 is 2.29 bits per heavy atom. The lowest BCUT2D eigenvalue weighted by molar-refractivity contribution is -0.110. The van der Waals surface area contributed by atoms with Gasteiger partial charge in [0.15, 0.2) is 0 Å². The zero-order valence-electron chi connectivity index (χ0n) is 3.48. The van der Waals surface area contributed by atoms with Crippen LogP contribution < -0.4 is 11.3 Å². The van der Waals surface area contributed by atoms with Gasteiger partial charge < -0.3 is 0 Å². The third-order valence-electron chi connectivity index (χ3n) is 0.241. The Hall–Kier alpha value is 0.170. The lowest BCUT2D eigenvalue weighted by atomic mass is 10.8. The molecule has 0 aliphatic heterocycles. The fraction of sp³-hybridized carbons (Fsp3) is 0.500. The maximum absolute atomic E-state index is 9.67. The summed E-state index contributed by atoms with van der Waals surface area (Å²) >= 11 is 4.80. The molecule has 3 nitrogen and oxygen atoms in total. The predicted molar refractivity (Wildman–Crippen MR) is 30.3 cm³/mol. The molecule has 0 saturated carbocycles. The van der Waals surface area contributed by atoms with E-state index in [2.05, 4.69) is 11.3 Å². The quantitative estimate of drug-likeness (QED) is 0.317. The molecule has 3 N–H and O–H groups in total. The molecular weight excluding hydrogens is 139 g/mol. The van der Waals surface area contributed by atoms with Crippen LogP contribution in [-0.4, -0.2) is 11.8 Å². The highest BCUT2D eigenvalue weighted by molar-refractivity contribution is 6.64. The van der Waals surface area contributed by atoms with Crippen LogP contribution in [0.5, 0.6) is 0 Å². The van der Waals surface area contributed by atoms with Gasteiger partial charge in [-0.25, -0.2) is 0 Å². The molecule has 0 aromatic carbocycles. The van der Waals surface area contributed by atoms with Crippen LogP contribution in [0, 0.1) is 0 Å². The van der Waals surface area contributed by atoms with Crippen molar-refractivity contribution in [2.75, 3.05) is 6.54 Å². The summed E-state index contributed by atoms with van der Waals surface area (Å²) in [6.45, 7) is 0.0293. The highest BCUT2D eigenvalue weighted by atomic mass is 35.5. The van der Waals surface area contributed by atoms with E-state index >= 15 is 0 Å². The van der Waals surface area contributed by atoms with Gasteiger partial charge in [0.05, 0.1) is 6.54 Å². The van der Waals surface area contributed by atoms with E-state index in [9.17, 15) is 4.79 Å². The minimum absolute atomic E-state index is 0. The van der Waals surface area contributed by atoms with Crippen molar-refractivity contribution < 1.29 is 4.79 Å². The summed E-state index contributed by atoms with van der Waals surface area (Å²) < 4.78 is 0. The van der Waals surface area contributed by atoms with Crippen LogP contribution in [0.3, 0.4) is 0 Å². The zero-order chi connectivity index (χ0) is 4.99. The minimum Gasteiger partial charge on any atom is -0.280 e. The number of halogens is 2. The largest absolute Gasteiger partial charge is 0.280 e. The topological polar surface area (TPSA) is 55.1 Å². The van der Waals surface area contributed by atoms with Crippen LogP contribution in [0.1, 0.15) is 0 Å². The molecule has 0 bridgehead atoms. The van der Waals surface area contributed by atoms with Crippen molar-refractivity contribution in [3.63, 3.8) is 0 Å². The molecular formula is C2H6Cl2N2O. The van der Waals surface area contributed by atoms with E-state index in [0.29, 0.717) is 0 Å². The van der Waals surface area contributed by atoms with E-state index in [1.165, 1.54) is 0 Å². The van der Waals surface area contributed by atoms with Crippen molar-refractivity contribution in [1.29, 1.82) is 0 Å². The van der Waals surface area contributed by atoms with Gasteiger partial charge in [-0.2, -0.15) is 0 Å². The lowest BCUT2D eigenvalue weighted by Crippen LogP contribution is -2.26. The SMILES string of the molecule is Cl.NNCC(=O)Cl. The first-order valence-corrected chi connectivity index (χ1v) is 1.77. The van der Waals surface area contributed by atoms with Crippen LogP contribution in [-0.2, 0) is 4.79 Å². The molecule has 0 atom stereocenters. The van der Waals surface area contributed by atoms with Crippen molar-refractivity contribution in [2.45, 2.75) is 0 Å². The first kappa shape index (κ1) is 10.2. The number of hydrogen-bond donors (Lipinski definition) is 2. The summed E-state index contributed by atoms with van der Waals surface area (Å²) in [4.78, 5) is 9.67. The summed E-state index contributed by atoms with van der Waals surface area (Å²) in [5.74, 6) is 4.67. The van der Waals surface area contributed by atoms with Gasteiger partial charge in [-0.05, 0) is 11.6 Å². The second-order valence-electron chi connectivity index (χ2n) is 0.736. The molecule has 44 valence electrons. The maximum atomic E-state index is 9.67. The molecule has 7 heavy (non-hydrogen) atoms. The molecule has 0 saturated heterocycles. The number of nitrogens with two attached hydrogens (primary N) is 1. The summed E-state index contributed by atoms with van der Waals surface area (Å²) in [5, 5.41) is -0.475. The van der Waals surface area contributed by atoms with Gasteiger partial charge >= 0.3 is 0 Å². The van der Waals surface area contributed by atoms with Crippen LogP contribution in [0.25, 0.3) is 0 Å². The Morgan fingerprint density at radius 2 is 2.29 bits per heavy atom. The van der Waals surface area contributed by atoms with Gasteiger partial charge in [0, 0.05) is 0 Å². The molecule has 0 aliphatic rings. The Labute approximate surface area is 52.6 Å². The standard InChI is InChI=1S/C2H5ClN2O.ClH/c3-2(6)1-5-4;/h5H,1,4H2;1H. The molecule has 0 fully saturated rings. The average Bonchev–Trinajstić information content (AvgIpc) is 1.35. The molecule has 0 aromatic heterocycles. The number of nitrogens with one attached hydrogen (secondary N) is 1. The third kappa shape index (κ3) is 10.7. The van der Waals surface area contributed by atoms with Crippen LogP contribution in [0.4, 0.5) is 0 Å². The molecule has 0 amide bonds. The van der Waals surface area contributed by atoms with E-state index in [4.69, 9.17) is 11.6 Å². The third-order valence-corrected chi connectivity index (χ3v) is 0.375. The van der Waals surface area contributed by atoms with E-state index < -0.39 is 5.24 Å². The molecule has 0 rings (SSSR count). The van der Waals surface area contributed by atoms with Gasteiger partial charge in [0.2, 0.25) is 5.24 Å². The summed E-state index contributed by atoms with van der Waals surface area (Å²) in [5.41, 5.74) is 2.09. The molecule has 0 aromatic rings. The monoisotopic (exact) mass is 144 g/mol. The van der Waals surface area contributed by atoms with E-state index in [1.807, 2.05) is 0 Å². The van der Waals surface area contributed by atoms with Gasteiger partial charge in [0.1, 0.15) is 0 Å². The minimum atomic E-state index is -0.475. The number of rotatable bonds is 2. The Bertz CT molecular complexity index is 57.7. The summed E-state index contributed by atoms with van der Waals surface area (Å²) in [6, 6.07) is 0. The highest BCUT2D eigenvalue weighted by Gasteiger charge is 1.86. The molecule has 0 radical (unpaired) electrons. The van der Waals surface area contributed by atoms with Crippen molar-refractivity contribution in [3.8, 4) is 0 Å².